The van der Waals surface area contributed by atoms with Crippen LogP contribution in [0.2, 0.25) is 0 Å². The molecule has 1 saturated heterocycles. The second-order valence-corrected chi connectivity index (χ2v) is 4.40. The average Bonchev–Trinajstić information content (AvgIpc) is 2.26. The van der Waals surface area contributed by atoms with E-state index in [2.05, 4.69) is 11.8 Å². The summed E-state index contributed by atoms with van der Waals surface area (Å²) < 4.78 is 10.4. The minimum absolute atomic E-state index is 0.100. The number of ether oxygens (including phenoxy) is 2. The molecule has 0 saturated carbocycles. The maximum atomic E-state index is 5.90. The Hall–Kier alpha value is -0.160. The predicted molar refractivity (Wildman–Crippen MR) is 60.6 cm³/mol. The molecule has 0 aromatic carbocycles. The zero-order valence-electron chi connectivity index (χ0n) is 10.1. The Kier molecular flexibility index (Phi) is 5.53. The van der Waals surface area contributed by atoms with Gasteiger partial charge in [-0.15, -0.1) is 0 Å². The van der Waals surface area contributed by atoms with E-state index >= 15 is 0 Å². The first-order chi connectivity index (χ1) is 7.17. The van der Waals surface area contributed by atoms with E-state index in [4.69, 9.17) is 15.2 Å². The Labute approximate surface area is 92.7 Å². The van der Waals surface area contributed by atoms with Crippen LogP contribution in [0, 0.1) is 5.92 Å². The molecule has 90 valence electrons. The molecule has 1 unspecified atom stereocenters. The second-order valence-electron chi connectivity index (χ2n) is 4.40. The van der Waals surface area contributed by atoms with Gasteiger partial charge in [-0.3, -0.25) is 4.90 Å². The standard InChI is InChI=1S/C11H24N2O2/c1-9(12)10-4-6-13(7-5-10)8-11(14-2)15-3/h9-11H,4-8,12H2,1-3H3. The zero-order chi connectivity index (χ0) is 11.3. The molecule has 1 atom stereocenters. The number of nitrogens with two attached hydrogens (primary N) is 1. The van der Waals surface area contributed by atoms with Crippen LogP contribution in [0.4, 0.5) is 0 Å². The molecule has 15 heavy (non-hydrogen) atoms. The summed E-state index contributed by atoms with van der Waals surface area (Å²) in [6, 6.07) is 0.327. The molecule has 0 aliphatic carbocycles. The van der Waals surface area contributed by atoms with Gasteiger partial charge in [0.25, 0.3) is 0 Å². The van der Waals surface area contributed by atoms with Crippen LogP contribution >= 0.6 is 0 Å². The van der Waals surface area contributed by atoms with Crippen LogP contribution in [-0.4, -0.2) is 51.1 Å². The maximum Gasteiger partial charge on any atom is 0.169 e. The summed E-state index contributed by atoms with van der Waals surface area (Å²) in [4.78, 5) is 2.39. The minimum atomic E-state index is -0.100. The molecule has 1 rings (SSSR count). The molecule has 0 amide bonds. The molecule has 1 aliphatic rings. The minimum Gasteiger partial charge on any atom is -0.355 e. The van der Waals surface area contributed by atoms with Crippen molar-refractivity contribution in [3.63, 3.8) is 0 Å². The Morgan fingerprint density at radius 3 is 2.20 bits per heavy atom. The lowest BCUT2D eigenvalue weighted by atomic mass is 9.91. The number of hydrogen-bond acceptors (Lipinski definition) is 4. The van der Waals surface area contributed by atoms with Crippen molar-refractivity contribution in [2.45, 2.75) is 32.1 Å². The summed E-state index contributed by atoms with van der Waals surface area (Å²) in [5.41, 5.74) is 5.90. The van der Waals surface area contributed by atoms with Crippen molar-refractivity contribution in [3.8, 4) is 0 Å². The SMILES string of the molecule is COC(CN1CCC(C(C)N)CC1)OC. The van der Waals surface area contributed by atoms with Crippen LogP contribution in [0.5, 0.6) is 0 Å². The van der Waals surface area contributed by atoms with Crippen LogP contribution in [0.15, 0.2) is 0 Å². The van der Waals surface area contributed by atoms with Crippen LogP contribution in [-0.2, 0) is 9.47 Å². The summed E-state index contributed by atoms with van der Waals surface area (Å²) in [5, 5.41) is 0. The van der Waals surface area contributed by atoms with Crippen LogP contribution in [0.25, 0.3) is 0 Å². The maximum absolute atomic E-state index is 5.90. The van der Waals surface area contributed by atoms with Gasteiger partial charge in [-0.25, -0.2) is 0 Å². The smallest absolute Gasteiger partial charge is 0.169 e. The first kappa shape index (κ1) is 12.9. The molecule has 0 bridgehead atoms. The third kappa shape index (κ3) is 4.07. The molecule has 0 spiro atoms. The lowest BCUT2D eigenvalue weighted by molar-refractivity contribution is -0.118. The molecule has 1 aliphatic heterocycles. The highest BCUT2D eigenvalue weighted by molar-refractivity contribution is 4.77. The van der Waals surface area contributed by atoms with Gasteiger partial charge < -0.3 is 15.2 Å². The summed E-state index contributed by atoms with van der Waals surface area (Å²) in [6.07, 6.45) is 2.28. The van der Waals surface area contributed by atoms with Crippen molar-refractivity contribution in [3.05, 3.63) is 0 Å². The van der Waals surface area contributed by atoms with Gasteiger partial charge in [-0.2, -0.15) is 0 Å². The molecule has 4 heteroatoms. The molecule has 1 heterocycles. The van der Waals surface area contributed by atoms with Crippen molar-refractivity contribution in [2.75, 3.05) is 33.9 Å². The zero-order valence-corrected chi connectivity index (χ0v) is 10.1. The first-order valence-corrected chi connectivity index (χ1v) is 5.71. The topological polar surface area (TPSA) is 47.7 Å². The number of likely N-dealkylation sites (tertiary alicyclic amines) is 1. The number of hydrogen-bond donors (Lipinski definition) is 1. The Bertz CT molecular complexity index is 164. The van der Waals surface area contributed by atoms with E-state index in [0.29, 0.717) is 12.0 Å². The molecule has 1 fully saturated rings. The van der Waals surface area contributed by atoms with Crippen molar-refractivity contribution < 1.29 is 9.47 Å². The molecular weight excluding hydrogens is 192 g/mol. The van der Waals surface area contributed by atoms with Gasteiger partial charge in [0.2, 0.25) is 0 Å². The van der Waals surface area contributed by atoms with Crippen molar-refractivity contribution >= 4 is 0 Å². The third-order valence-electron chi connectivity index (χ3n) is 3.31. The van der Waals surface area contributed by atoms with Crippen molar-refractivity contribution in [1.82, 2.24) is 4.90 Å². The highest BCUT2D eigenvalue weighted by atomic mass is 16.7. The normalized spacial score (nSPS) is 22.2. The first-order valence-electron chi connectivity index (χ1n) is 5.71. The summed E-state index contributed by atoms with van der Waals surface area (Å²) in [6.45, 7) is 5.18. The molecule has 0 aromatic heterocycles. The fourth-order valence-corrected chi connectivity index (χ4v) is 2.12. The average molecular weight is 216 g/mol. The quantitative estimate of drug-likeness (QED) is 0.686. The summed E-state index contributed by atoms with van der Waals surface area (Å²) in [5.74, 6) is 0.685. The van der Waals surface area contributed by atoms with E-state index in [9.17, 15) is 0 Å². The summed E-state index contributed by atoms with van der Waals surface area (Å²) >= 11 is 0. The van der Waals surface area contributed by atoms with Crippen LogP contribution < -0.4 is 5.73 Å². The van der Waals surface area contributed by atoms with E-state index in [1.807, 2.05) is 0 Å². The van der Waals surface area contributed by atoms with E-state index < -0.39 is 0 Å². The van der Waals surface area contributed by atoms with Gasteiger partial charge >= 0.3 is 0 Å². The Morgan fingerprint density at radius 1 is 1.27 bits per heavy atom. The Morgan fingerprint density at radius 2 is 1.80 bits per heavy atom. The molecule has 4 nitrogen and oxygen atoms in total. The number of methoxy groups -OCH3 is 2. The predicted octanol–water partition coefficient (Wildman–Crippen LogP) is 0.665. The summed E-state index contributed by atoms with van der Waals surface area (Å²) in [7, 11) is 3.37. The highest BCUT2D eigenvalue weighted by Crippen LogP contribution is 2.19. The van der Waals surface area contributed by atoms with Gasteiger partial charge in [0.15, 0.2) is 6.29 Å². The molecule has 0 radical (unpaired) electrons. The van der Waals surface area contributed by atoms with E-state index in [1.54, 1.807) is 14.2 Å². The van der Waals surface area contributed by atoms with Crippen LogP contribution in [0.3, 0.4) is 0 Å². The van der Waals surface area contributed by atoms with Crippen molar-refractivity contribution in [1.29, 1.82) is 0 Å². The lowest BCUT2D eigenvalue weighted by Gasteiger charge is -2.34. The van der Waals surface area contributed by atoms with E-state index in [1.165, 1.54) is 12.8 Å². The van der Waals surface area contributed by atoms with Gasteiger partial charge in [0, 0.05) is 26.8 Å². The van der Waals surface area contributed by atoms with Gasteiger partial charge in [-0.1, -0.05) is 0 Å². The number of nitrogens with zero attached hydrogens (tertiary/aromatic N) is 1. The number of piperidine rings is 1. The lowest BCUT2D eigenvalue weighted by Crippen LogP contribution is -2.43. The molecule has 2 N–H and O–H groups in total. The fourth-order valence-electron chi connectivity index (χ4n) is 2.12. The van der Waals surface area contributed by atoms with Gasteiger partial charge in [0.05, 0.1) is 0 Å². The number of rotatable bonds is 5. The monoisotopic (exact) mass is 216 g/mol. The van der Waals surface area contributed by atoms with Gasteiger partial charge in [-0.05, 0) is 38.8 Å². The van der Waals surface area contributed by atoms with Gasteiger partial charge in [0.1, 0.15) is 0 Å². The fraction of sp³-hybridized carbons (Fsp3) is 1.00. The molecular formula is C11H24N2O2. The van der Waals surface area contributed by atoms with E-state index in [-0.39, 0.29) is 6.29 Å². The molecule has 0 aromatic rings. The Balaban J connectivity index is 2.25. The largest absolute Gasteiger partial charge is 0.355 e. The van der Waals surface area contributed by atoms with Crippen molar-refractivity contribution in [2.24, 2.45) is 11.7 Å². The highest BCUT2D eigenvalue weighted by Gasteiger charge is 2.23. The second kappa shape index (κ2) is 6.43. The van der Waals surface area contributed by atoms with E-state index in [0.717, 1.165) is 19.6 Å². The van der Waals surface area contributed by atoms with Crippen LogP contribution in [0.1, 0.15) is 19.8 Å². The third-order valence-corrected chi connectivity index (χ3v) is 3.31.